The number of hydrogen-bond donors (Lipinski definition) is 1. The quantitative estimate of drug-likeness (QED) is 0.898. The van der Waals surface area contributed by atoms with Gasteiger partial charge in [-0.15, -0.1) is 0 Å². The summed E-state index contributed by atoms with van der Waals surface area (Å²) in [4.78, 5) is 0. The van der Waals surface area contributed by atoms with Gasteiger partial charge in [0.1, 0.15) is 24.0 Å². The number of rotatable bonds is 5. The molecule has 106 valence electrons. The van der Waals surface area contributed by atoms with Crippen LogP contribution in [0.2, 0.25) is 0 Å². The van der Waals surface area contributed by atoms with Crippen LogP contribution >= 0.6 is 0 Å². The van der Waals surface area contributed by atoms with Crippen molar-refractivity contribution in [3.05, 3.63) is 65.2 Å². The topological polar surface area (TPSA) is 35.2 Å². The maximum Gasteiger partial charge on any atom is 0.126 e. The first-order valence-corrected chi connectivity index (χ1v) is 6.52. The molecule has 0 spiro atoms. The molecule has 0 aliphatic rings. The molecule has 0 saturated carbocycles. The molecule has 20 heavy (non-hydrogen) atoms. The second-order valence-corrected chi connectivity index (χ2v) is 4.65. The van der Waals surface area contributed by atoms with Gasteiger partial charge >= 0.3 is 0 Å². The first-order chi connectivity index (χ1) is 9.58. The van der Waals surface area contributed by atoms with Crippen LogP contribution in [0.5, 0.6) is 5.75 Å². The van der Waals surface area contributed by atoms with Crippen LogP contribution in [0.15, 0.2) is 42.5 Å². The lowest BCUT2D eigenvalue weighted by molar-refractivity contribution is 0.304. The smallest absolute Gasteiger partial charge is 0.126 e. The molecule has 0 bridgehead atoms. The zero-order chi connectivity index (χ0) is 14.5. The maximum atomic E-state index is 13.0. The van der Waals surface area contributed by atoms with Gasteiger partial charge in [-0.1, -0.05) is 19.1 Å². The maximum absolute atomic E-state index is 13.0. The molecule has 0 amide bonds. The highest BCUT2D eigenvalue weighted by atomic mass is 19.1. The summed E-state index contributed by atoms with van der Waals surface area (Å²) in [5, 5.41) is 0. The molecule has 0 radical (unpaired) electrons. The minimum absolute atomic E-state index is 0.0152. The van der Waals surface area contributed by atoms with Crippen LogP contribution in [0, 0.1) is 11.6 Å². The lowest BCUT2D eigenvalue weighted by Gasteiger charge is -2.11. The third-order valence-electron chi connectivity index (χ3n) is 3.08. The number of ether oxygens (including phenoxy) is 1. The molecule has 0 aliphatic carbocycles. The van der Waals surface area contributed by atoms with Gasteiger partial charge in [0, 0.05) is 12.1 Å². The Morgan fingerprint density at radius 3 is 2.20 bits per heavy atom. The van der Waals surface area contributed by atoms with E-state index in [1.54, 1.807) is 12.1 Å². The van der Waals surface area contributed by atoms with Crippen LogP contribution in [-0.4, -0.2) is 0 Å². The third-order valence-corrected chi connectivity index (χ3v) is 3.08. The number of benzene rings is 2. The summed E-state index contributed by atoms with van der Waals surface area (Å²) in [6.07, 6.45) is 0.864. The van der Waals surface area contributed by atoms with Crippen LogP contribution in [-0.2, 0) is 6.61 Å². The number of nitrogens with two attached hydrogens (primary N) is 1. The van der Waals surface area contributed by atoms with E-state index in [0.29, 0.717) is 11.3 Å². The Kier molecular flexibility index (Phi) is 4.69. The highest BCUT2D eigenvalue weighted by molar-refractivity contribution is 5.29. The summed E-state index contributed by atoms with van der Waals surface area (Å²) >= 11 is 0. The highest BCUT2D eigenvalue weighted by Crippen LogP contribution is 2.19. The summed E-state index contributed by atoms with van der Waals surface area (Å²) < 4.78 is 31.5. The SMILES string of the molecule is CCC(N)c1ccc(OCc2cc(F)cc(F)c2)cc1. The molecule has 2 nitrogen and oxygen atoms in total. The first-order valence-electron chi connectivity index (χ1n) is 6.52. The van der Waals surface area contributed by atoms with Gasteiger partial charge in [-0.2, -0.15) is 0 Å². The summed E-state index contributed by atoms with van der Waals surface area (Å²) in [6, 6.07) is 10.8. The Balaban J connectivity index is 2.00. The second-order valence-electron chi connectivity index (χ2n) is 4.65. The van der Waals surface area contributed by atoms with Gasteiger partial charge < -0.3 is 10.5 Å². The second kappa shape index (κ2) is 6.48. The summed E-state index contributed by atoms with van der Waals surface area (Å²) in [6.45, 7) is 2.14. The van der Waals surface area contributed by atoms with E-state index >= 15 is 0 Å². The summed E-state index contributed by atoms with van der Waals surface area (Å²) in [7, 11) is 0. The van der Waals surface area contributed by atoms with Crippen LogP contribution in [0.4, 0.5) is 8.78 Å². The first kappa shape index (κ1) is 14.5. The van der Waals surface area contributed by atoms with E-state index in [2.05, 4.69) is 0 Å². The monoisotopic (exact) mass is 277 g/mol. The number of halogens is 2. The van der Waals surface area contributed by atoms with Gasteiger partial charge in [-0.05, 0) is 41.8 Å². The van der Waals surface area contributed by atoms with Crippen LogP contribution in [0.1, 0.15) is 30.5 Å². The Bertz CT molecular complexity index is 549. The van der Waals surface area contributed by atoms with E-state index in [-0.39, 0.29) is 12.6 Å². The zero-order valence-electron chi connectivity index (χ0n) is 11.3. The van der Waals surface area contributed by atoms with E-state index in [9.17, 15) is 8.78 Å². The van der Waals surface area contributed by atoms with E-state index in [4.69, 9.17) is 10.5 Å². The normalized spacial score (nSPS) is 12.2. The Hall–Kier alpha value is -1.94. The average Bonchev–Trinajstić information content (AvgIpc) is 2.44. The molecular formula is C16H17F2NO. The molecule has 1 atom stereocenters. The van der Waals surface area contributed by atoms with Gasteiger partial charge in [-0.25, -0.2) is 8.78 Å². The van der Waals surface area contributed by atoms with Crippen molar-refractivity contribution >= 4 is 0 Å². The van der Waals surface area contributed by atoms with Gasteiger partial charge in [0.15, 0.2) is 0 Å². The Labute approximate surface area is 117 Å². The molecule has 2 aromatic carbocycles. The van der Waals surface area contributed by atoms with Crippen LogP contribution < -0.4 is 10.5 Å². The fourth-order valence-electron chi connectivity index (χ4n) is 1.91. The van der Waals surface area contributed by atoms with Crippen LogP contribution in [0.3, 0.4) is 0 Å². The highest BCUT2D eigenvalue weighted by Gasteiger charge is 2.04. The molecule has 2 aromatic rings. The third kappa shape index (κ3) is 3.78. The molecule has 0 aliphatic heterocycles. The van der Waals surface area contributed by atoms with Crippen molar-refractivity contribution in [3.8, 4) is 5.75 Å². The van der Waals surface area contributed by atoms with Crippen molar-refractivity contribution in [2.45, 2.75) is 26.0 Å². The van der Waals surface area contributed by atoms with E-state index < -0.39 is 11.6 Å². The number of hydrogen-bond acceptors (Lipinski definition) is 2. The summed E-state index contributed by atoms with van der Waals surface area (Å²) in [5.74, 6) is -0.567. The predicted molar refractivity (Wildman–Crippen MR) is 74.4 cm³/mol. The summed E-state index contributed by atoms with van der Waals surface area (Å²) in [5.41, 5.74) is 7.41. The Morgan fingerprint density at radius 2 is 1.65 bits per heavy atom. The fourth-order valence-corrected chi connectivity index (χ4v) is 1.91. The molecule has 2 rings (SSSR count). The Morgan fingerprint density at radius 1 is 1.05 bits per heavy atom. The zero-order valence-corrected chi connectivity index (χ0v) is 11.3. The minimum Gasteiger partial charge on any atom is -0.489 e. The molecule has 0 saturated heterocycles. The van der Waals surface area contributed by atoms with E-state index in [1.807, 2.05) is 19.1 Å². The van der Waals surface area contributed by atoms with Crippen LogP contribution in [0.25, 0.3) is 0 Å². The van der Waals surface area contributed by atoms with Crippen molar-refractivity contribution in [1.29, 1.82) is 0 Å². The fraction of sp³-hybridized carbons (Fsp3) is 0.250. The van der Waals surface area contributed by atoms with E-state index in [1.165, 1.54) is 12.1 Å². The molecule has 1 unspecified atom stereocenters. The lowest BCUT2D eigenvalue weighted by atomic mass is 10.1. The molecule has 2 N–H and O–H groups in total. The predicted octanol–water partition coefficient (Wildman–Crippen LogP) is 3.95. The van der Waals surface area contributed by atoms with Crippen molar-refractivity contribution in [1.82, 2.24) is 0 Å². The van der Waals surface area contributed by atoms with Gasteiger partial charge in [0.05, 0.1) is 0 Å². The van der Waals surface area contributed by atoms with Crippen molar-refractivity contribution in [2.75, 3.05) is 0 Å². The standard InChI is InChI=1S/C16H17F2NO/c1-2-16(19)12-3-5-15(6-4-12)20-10-11-7-13(17)9-14(18)8-11/h3-9,16H,2,10,19H2,1H3. The van der Waals surface area contributed by atoms with Gasteiger partial charge in [0.2, 0.25) is 0 Å². The molecule has 0 heterocycles. The van der Waals surface area contributed by atoms with Gasteiger partial charge in [-0.3, -0.25) is 0 Å². The molecule has 4 heteroatoms. The largest absolute Gasteiger partial charge is 0.489 e. The molecular weight excluding hydrogens is 260 g/mol. The van der Waals surface area contributed by atoms with Gasteiger partial charge in [0.25, 0.3) is 0 Å². The molecule has 0 aromatic heterocycles. The lowest BCUT2D eigenvalue weighted by Crippen LogP contribution is -2.08. The minimum atomic E-state index is -0.604. The average molecular weight is 277 g/mol. The van der Waals surface area contributed by atoms with Crippen molar-refractivity contribution in [2.24, 2.45) is 5.73 Å². The van der Waals surface area contributed by atoms with Crippen molar-refractivity contribution in [3.63, 3.8) is 0 Å². The van der Waals surface area contributed by atoms with E-state index in [0.717, 1.165) is 18.1 Å². The van der Waals surface area contributed by atoms with Crippen molar-refractivity contribution < 1.29 is 13.5 Å². The molecule has 0 fully saturated rings.